The number of sulfonamides is 1. The van der Waals surface area contributed by atoms with Crippen molar-refractivity contribution in [2.75, 3.05) is 0 Å². The maximum atomic E-state index is 12.2. The van der Waals surface area contributed by atoms with E-state index in [0.717, 1.165) is 0 Å². The average molecular weight is 315 g/mol. The molecule has 0 atom stereocenters. The van der Waals surface area contributed by atoms with E-state index < -0.39 is 10.0 Å². The maximum Gasteiger partial charge on any atom is 0.248 e. The zero-order valence-electron chi connectivity index (χ0n) is 11.3. The minimum Gasteiger partial charge on any atom is -0.322 e. The van der Waals surface area contributed by atoms with Gasteiger partial charge in [-0.2, -0.15) is 0 Å². The molecule has 2 N–H and O–H groups in total. The Balaban J connectivity index is 2.74. The van der Waals surface area contributed by atoms with Crippen molar-refractivity contribution in [2.24, 2.45) is 0 Å². The molecule has 0 radical (unpaired) electrons. The number of hydrogen-bond donors (Lipinski definition) is 2. The molecule has 1 aromatic heterocycles. The van der Waals surface area contributed by atoms with E-state index in [1.165, 1.54) is 18.2 Å². The lowest BCUT2D eigenvalue weighted by Crippen LogP contribution is -2.30. The number of aryl methyl sites for hydroxylation is 1. The first-order chi connectivity index (χ1) is 9.20. The minimum absolute atomic E-state index is 0.00974. The van der Waals surface area contributed by atoms with E-state index >= 15 is 0 Å². The summed E-state index contributed by atoms with van der Waals surface area (Å²) in [4.78, 5) is 14.1. The molecule has 108 valence electrons. The van der Waals surface area contributed by atoms with Crippen molar-refractivity contribution in [3.8, 4) is 0 Å². The van der Waals surface area contributed by atoms with Crippen LogP contribution in [0.4, 0.5) is 0 Å². The monoisotopic (exact) mass is 314 g/mol. The molecule has 7 heteroatoms. The highest BCUT2D eigenvalue weighted by atomic mass is 35.5. The summed E-state index contributed by atoms with van der Waals surface area (Å²) in [6, 6.07) is 4.12. The lowest BCUT2D eigenvalue weighted by molar-refractivity contribution is 0.570. The van der Waals surface area contributed by atoms with Crippen molar-refractivity contribution in [1.82, 2.24) is 9.71 Å². The SMILES string of the molecule is Cc1cc(=O)[nH]c2cc(Cl)c(S(=O)(=O)NC(C)C)cc12. The normalized spacial score (nSPS) is 12.2. The van der Waals surface area contributed by atoms with E-state index in [2.05, 4.69) is 9.71 Å². The standard InChI is InChI=1S/C13H15ClN2O3S/c1-7(2)16-20(18,19)12-5-9-8(3)4-13(17)15-11(9)6-10(12)14/h4-7,16H,1-3H3,(H,15,17). The first-order valence-electron chi connectivity index (χ1n) is 6.06. The highest BCUT2D eigenvalue weighted by molar-refractivity contribution is 7.89. The van der Waals surface area contributed by atoms with Gasteiger partial charge in [0.05, 0.1) is 10.5 Å². The minimum atomic E-state index is -3.68. The van der Waals surface area contributed by atoms with Crippen molar-refractivity contribution in [3.63, 3.8) is 0 Å². The molecule has 1 heterocycles. The highest BCUT2D eigenvalue weighted by Crippen LogP contribution is 2.27. The van der Waals surface area contributed by atoms with Gasteiger partial charge in [-0.05, 0) is 38.5 Å². The largest absolute Gasteiger partial charge is 0.322 e. The molecule has 0 saturated carbocycles. The van der Waals surface area contributed by atoms with E-state index in [1.54, 1.807) is 20.8 Å². The molecule has 0 spiro atoms. The average Bonchev–Trinajstić information content (AvgIpc) is 2.25. The number of nitrogens with one attached hydrogen (secondary N) is 2. The van der Waals surface area contributed by atoms with Gasteiger partial charge in [-0.1, -0.05) is 11.6 Å². The van der Waals surface area contributed by atoms with Crippen LogP contribution in [0, 0.1) is 6.92 Å². The molecule has 0 aliphatic carbocycles. The molecule has 0 bridgehead atoms. The molecular formula is C13H15ClN2O3S. The zero-order valence-corrected chi connectivity index (χ0v) is 12.9. The van der Waals surface area contributed by atoms with Crippen LogP contribution in [0.3, 0.4) is 0 Å². The zero-order chi connectivity index (χ0) is 15.1. The fourth-order valence-corrected chi connectivity index (χ4v) is 3.81. The number of rotatable bonds is 3. The fourth-order valence-electron chi connectivity index (χ4n) is 2.01. The van der Waals surface area contributed by atoms with Crippen molar-refractivity contribution < 1.29 is 8.42 Å². The highest BCUT2D eigenvalue weighted by Gasteiger charge is 2.20. The summed E-state index contributed by atoms with van der Waals surface area (Å²) < 4.78 is 26.9. The molecule has 0 unspecified atom stereocenters. The second-order valence-corrected chi connectivity index (χ2v) is 7.01. The van der Waals surface area contributed by atoms with Crippen LogP contribution in [-0.4, -0.2) is 19.4 Å². The van der Waals surface area contributed by atoms with Crippen LogP contribution in [0.1, 0.15) is 19.4 Å². The summed E-state index contributed by atoms with van der Waals surface area (Å²) in [5.41, 5.74) is 0.965. The van der Waals surface area contributed by atoms with Gasteiger partial charge >= 0.3 is 0 Å². The van der Waals surface area contributed by atoms with Crippen LogP contribution in [0.15, 0.2) is 27.9 Å². The van der Waals surface area contributed by atoms with Gasteiger partial charge in [0, 0.05) is 17.5 Å². The quantitative estimate of drug-likeness (QED) is 0.911. The van der Waals surface area contributed by atoms with E-state index in [9.17, 15) is 13.2 Å². The number of aromatic amines is 1. The molecule has 1 aromatic carbocycles. The lowest BCUT2D eigenvalue weighted by atomic mass is 10.1. The Kier molecular flexibility index (Phi) is 3.90. The van der Waals surface area contributed by atoms with Crippen LogP contribution >= 0.6 is 11.6 Å². The Bertz CT molecular complexity index is 825. The topological polar surface area (TPSA) is 79.0 Å². The van der Waals surface area contributed by atoms with Gasteiger partial charge < -0.3 is 4.98 Å². The number of fused-ring (bicyclic) bond motifs is 1. The Morgan fingerprint density at radius 1 is 1.25 bits per heavy atom. The summed E-state index contributed by atoms with van der Waals surface area (Å²) in [7, 11) is -3.68. The predicted octanol–water partition coefficient (Wildman–Crippen LogP) is 2.18. The van der Waals surface area contributed by atoms with Crippen LogP contribution in [-0.2, 0) is 10.0 Å². The molecule has 0 aliphatic rings. The van der Waals surface area contributed by atoms with Crippen molar-refractivity contribution in [1.29, 1.82) is 0 Å². The van der Waals surface area contributed by atoms with Crippen LogP contribution in [0.2, 0.25) is 5.02 Å². The maximum absolute atomic E-state index is 12.2. The molecule has 0 amide bonds. The third-order valence-corrected chi connectivity index (χ3v) is 4.91. The predicted molar refractivity (Wildman–Crippen MR) is 79.8 cm³/mol. The molecule has 0 saturated heterocycles. The number of aromatic nitrogens is 1. The van der Waals surface area contributed by atoms with E-state index in [-0.39, 0.29) is 21.5 Å². The Morgan fingerprint density at radius 3 is 2.50 bits per heavy atom. The van der Waals surface area contributed by atoms with Crippen molar-refractivity contribution in [3.05, 3.63) is 39.1 Å². The van der Waals surface area contributed by atoms with Gasteiger partial charge in [-0.15, -0.1) is 0 Å². The Labute approximate surface area is 122 Å². The molecular weight excluding hydrogens is 300 g/mol. The Morgan fingerprint density at radius 2 is 1.90 bits per heavy atom. The Hall–Kier alpha value is -1.37. The van der Waals surface area contributed by atoms with Crippen LogP contribution in [0.25, 0.3) is 10.9 Å². The van der Waals surface area contributed by atoms with Crippen LogP contribution in [0.5, 0.6) is 0 Å². The molecule has 0 fully saturated rings. The van der Waals surface area contributed by atoms with Gasteiger partial charge in [-0.3, -0.25) is 4.79 Å². The number of benzene rings is 1. The van der Waals surface area contributed by atoms with Crippen molar-refractivity contribution >= 4 is 32.5 Å². The number of halogens is 1. The third-order valence-electron chi connectivity index (χ3n) is 2.78. The van der Waals surface area contributed by atoms with Gasteiger partial charge in [0.25, 0.3) is 0 Å². The van der Waals surface area contributed by atoms with E-state index in [1.807, 2.05) is 0 Å². The summed E-state index contributed by atoms with van der Waals surface area (Å²) in [5, 5.41) is 0.727. The second-order valence-electron chi connectivity index (χ2n) is 4.92. The number of hydrogen-bond acceptors (Lipinski definition) is 3. The lowest BCUT2D eigenvalue weighted by Gasteiger charge is -2.12. The fraction of sp³-hybridized carbons (Fsp3) is 0.308. The summed E-state index contributed by atoms with van der Waals surface area (Å²) in [6.07, 6.45) is 0. The van der Waals surface area contributed by atoms with E-state index in [0.29, 0.717) is 16.5 Å². The smallest absolute Gasteiger partial charge is 0.248 e. The molecule has 5 nitrogen and oxygen atoms in total. The van der Waals surface area contributed by atoms with Gasteiger partial charge in [0.1, 0.15) is 4.90 Å². The summed E-state index contributed by atoms with van der Waals surface area (Å²) in [5.74, 6) is 0. The molecule has 0 aliphatic heterocycles. The third kappa shape index (κ3) is 2.87. The van der Waals surface area contributed by atoms with Gasteiger partial charge in [0.2, 0.25) is 15.6 Å². The summed E-state index contributed by atoms with van der Waals surface area (Å²) in [6.45, 7) is 5.21. The first kappa shape index (κ1) is 15.0. The number of pyridine rings is 1. The number of H-pyrrole nitrogens is 1. The van der Waals surface area contributed by atoms with Crippen molar-refractivity contribution in [2.45, 2.75) is 31.7 Å². The second kappa shape index (κ2) is 5.20. The molecule has 2 aromatic rings. The molecule has 20 heavy (non-hydrogen) atoms. The van der Waals surface area contributed by atoms with Crippen LogP contribution < -0.4 is 10.3 Å². The summed E-state index contributed by atoms with van der Waals surface area (Å²) >= 11 is 6.03. The van der Waals surface area contributed by atoms with Gasteiger partial charge in [-0.25, -0.2) is 13.1 Å². The molecule has 2 rings (SSSR count). The van der Waals surface area contributed by atoms with E-state index in [4.69, 9.17) is 11.6 Å². The van der Waals surface area contributed by atoms with Gasteiger partial charge in [0.15, 0.2) is 0 Å². The first-order valence-corrected chi connectivity index (χ1v) is 7.92.